The maximum absolute atomic E-state index is 5.16. The summed E-state index contributed by atoms with van der Waals surface area (Å²) in [4.78, 5) is 8.36. The van der Waals surface area contributed by atoms with Crippen molar-refractivity contribution in [3.63, 3.8) is 0 Å². The molecule has 0 aliphatic heterocycles. The van der Waals surface area contributed by atoms with Gasteiger partial charge in [-0.05, 0) is 30.2 Å². The van der Waals surface area contributed by atoms with E-state index in [1.807, 2.05) is 45.0 Å². The van der Waals surface area contributed by atoms with Crippen molar-refractivity contribution in [3.05, 3.63) is 47.8 Å². The first-order chi connectivity index (χ1) is 9.28. The van der Waals surface area contributed by atoms with E-state index in [-0.39, 0.29) is 1.43 Å². The van der Waals surface area contributed by atoms with E-state index in [0.717, 1.165) is 16.9 Å². The van der Waals surface area contributed by atoms with Gasteiger partial charge in [0.2, 0.25) is 5.95 Å². The molecule has 0 atom stereocenters. The average Bonchev–Trinajstić information content (AvgIpc) is 2.49. The van der Waals surface area contributed by atoms with Crippen LogP contribution in [0.25, 0.3) is 0 Å². The number of aromatic nitrogens is 2. The van der Waals surface area contributed by atoms with E-state index in [0.29, 0.717) is 12.5 Å². The fourth-order valence-electron chi connectivity index (χ4n) is 1.45. The van der Waals surface area contributed by atoms with Gasteiger partial charge in [-0.25, -0.2) is 9.97 Å². The molecule has 19 heavy (non-hydrogen) atoms. The maximum Gasteiger partial charge on any atom is 0.222 e. The van der Waals surface area contributed by atoms with Crippen LogP contribution in [-0.2, 0) is 6.54 Å². The van der Waals surface area contributed by atoms with Crippen molar-refractivity contribution in [2.75, 3.05) is 12.4 Å². The van der Waals surface area contributed by atoms with Crippen molar-refractivity contribution in [1.82, 2.24) is 9.97 Å². The predicted octanol–water partition coefficient (Wildman–Crippen LogP) is 3.68. The predicted molar refractivity (Wildman–Crippen MR) is 80.6 cm³/mol. The second kappa shape index (κ2) is 8.08. The highest BCUT2D eigenvalue weighted by molar-refractivity contribution is 5.32. The molecule has 4 nitrogen and oxygen atoms in total. The van der Waals surface area contributed by atoms with Crippen LogP contribution < -0.4 is 10.1 Å². The van der Waals surface area contributed by atoms with Gasteiger partial charge in [0, 0.05) is 20.4 Å². The van der Waals surface area contributed by atoms with E-state index < -0.39 is 0 Å². The lowest BCUT2D eigenvalue weighted by Gasteiger charge is -2.06. The van der Waals surface area contributed by atoms with E-state index in [1.54, 1.807) is 19.5 Å². The van der Waals surface area contributed by atoms with Crippen molar-refractivity contribution in [3.8, 4) is 5.75 Å². The Bertz CT molecular complexity index is 489. The Morgan fingerprint density at radius 2 is 1.89 bits per heavy atom. The van der Waals surface area contributed by atoms with Gasteiger partial charge in [0.15, 0.2) is 0 Å². The standard InChI is InChI=1S/C13H15N3O.C2H6.H2/c1-10-7-14-13(15-8-10)16-9-11-4-3-5-12(6-11)17-2;1-2;/h3-8H,9H2,1-2H3,(H,14,15,16);1-2H3;1H. The molecule has 0 saturated carbocycles. The second-order valence-electron chi connectivity index (χ2n) is 3.79. The van der Waals surface area contributed by atoms with Crippen LogP contribution in [0.2, 0.25) is 0 Å². The first kappa shape index (κ1) is 15.0. The van der Waals surface area contributed by atoms with Crippen LogP contribution in [0.5, 0.6) is 5.75 Å². The Kier molecular flexibility index (Phi) is 6.36. The largest absolute Gasteiger partial charge is 0.497 e. The molecule has 4 heteroatoms. The van der Waals surface area contributed by atoms with Gasteiger partial charge in [0.1, 0.15) is 5.75 Å². The Labute approximate surface area is 116 Å². The number of ether oxygens (including phenoxy) is 1. The van der Waals surface area contributed by atoms with E-state index in [4.69, 9.17) is 4.74 Å². The summed E-state index contributed by atoms with van der Waals surface area (Å²) in [5, 5.41) is 3.16. The van der Waals surface area contributed by atoms with Crippen LogP contribution in [0, 0.1) is 6.92 Å². The van der Waals surface area contributed by atoms with Crippen LogP contribution in [0.15, 0.2) is 36.7 Å². The summed E-state index contributed by atoms with van der Waals surface area (Å²) in [5.74, 6) is 1.49. The Morgan fingerprint density at radius 3 is 2.53 bits per heavy atom. The lowest BCUT2D eigenvalue weighted by atomic mass is 10.2. The average molecular weight is 261 g/mol. The third-order valence-electron chi connectivity index (χ3n) is 2.37. The minimum Gasteiger partial charge on any atom is -0.497 e. The smallest absolute Gasteiger partial charge is 0.222 e. The Balaban J connectivity index is 0.00000115. The van der Waals surface area contributed by atoms with Crippen molar-refractivity contribution >= 4 is 5.95 Å². The van der Waals surface area contributed by atoms with E-state index in [1.165, 1.54) is 0 Å². The summed E-state index contributed by atoms with van der Waals surface area (Å²) < 4.78 is 5.16. The molecule has 0 saturated heterocycles. The van der Waals surface area contributed by atoms with Crippen molar-refractivity contribution in [2.45, 2.75) is 27.3 Å². The van der Waals surface area contributed by atoms with Crippen molar-refractivity contribution in [1.29, 1.82) is 0 Å². The number of methoxy groups -OCH3 is 1. The molecule has 0 amide bonds. The van der Waals surface area contributed by atoms with Crippen molar-refractivity contribution in [2.24, 2.45) is 0 Å². The van der Waals surface area contributed by atoms with Crippen LogP contribution in [0.1, 0.15) is 26.4 Å². The van der Waals surface area contributed by atoms with Gasteiger partial charge in [0.25, 0.3) is 0 Å². The zero-order valence-corrected chi connectivity index (χ0v) is 12.0. The zero-order valence-electron chi connectivity index (χ0n) is 12.0. The van der Waals surface area contributed by atoms with Gasteiger partial charge >= 0.3 is 0 Å². The molecule has 1 aromatic heterocycles. The van der Waals surface area contributed by atoms with Gasteiger partial charge in [-0.15, -0.1) is 0 Å². The topological polar surface area (TPSA) is 47.0 Å². The van der Waals surface area contributed by atoms with E-state index >= 15 is 0 Å². The van der Waals surface area contributed by atoms with E-state index in [9.17, 15) is 0 Å². The first-order valence-electron chi connectivity index (χ1n) is 6.43. The van der Waals surface area contributed by atoms with Gasteiger partial charge in [-0.1, -0.05) is 26.0 Å². The first-order valence-corrected chi connectivity index (χ1v) is 6.43. The summed E-state index contributed by atoms with van der Waals surface area (Å²) in [6.07, 6.45) is 3.59. The summed E-state index contributed by atoms with van der Waals surface area (Å²) in [6.45, 7) is 6.64. The number of anilines is 1. The molecule has 0 aliphatic carbocycles. The molecule has 0 spiro atoms. The molecule has 1 N–H and O–H groups in total. The molecule has 0 radical (unpaired) electrons. The molecule has 1 aromatic carbocycles. The number of aryl methyl sites for hydroxylation is 1. The molecule has 2 aromatic rings. The third kappa shape index (κ3) is 4.95. The number of hydrogen-bond acceptors (Lipinski definition) is 4. The van der Waals surface area contributed by atoms with Gasteiger partial charge in [-0.2, -0.15) is 0 Å². The van der Waals surface area contributed by atoms with Crippen LogP contribution in [0.4, 0.5) is 5.95 Å². The van der Waals surface area contributed by atoms with Gasteiger partial charge in [-0.3, -0.25) is 0 Å². The van der Waals surface area contributed by atoms with Crippen molar-refractivity contribution < 1.29 is 6.16 Å². The molecule has 0 bridgehead atoms. The minimum absolute atomic E-state index is 0. The Morgan fingerprint density at radius 1 is 1.21 bits per heavy atom. The number of hydrogen-bond donors (Lipinski definition) is 1. The van der Waals surface area contributed by atoms with Crippen LogP contribution in [-0.4, -0.2) is 17.1 Å². The zero-order chi connectivity index (χ0) is 14.1. The summed E-state index contributed by atoms with van der Waals surface area (Å²) in [7, 11) is 1.66. The molecule has 1 heterocycles. The summed E-state index contributed by atoms with van der Waals surface area (Å²) in [6, 6.07) is 7.91. The number of nitrogens with zero attached hydrogens (tertiary/aromatic N) is 2. The molecule has 104 valence electrons. The fourth-order valence-corrected chi connectivity index (χ4v) is 1.45. The third-order valence-corrected chi connectivity index (χ3v) is 2.37. The number of benzene rings is 1. The molecular formula is C15H23N3O. The molecular weight excluding hydrogens is 238 g/mol. The monoisotopic (exact) mass is 261 g/mol. The number of nitrogens with one attached hydrogen (secondary N) is 1. The Hall–Kier alpha value is -2.10. The highest BCUT2D eigenvalue weighted by Gasteiger charge is 1.98. The summed E-state index contributed by atoms with van der Waals surface area (Å²) in [5.41, 5.74) is 2.19. The SMILES string of the molecule is CC.COc1cccc(CNc2ncc(C)cn2)c1.[HH]. The summed E-state index contributed by atoms with van der Waals surface area (Å²) >= 11 is 0. The van der Waals surface area contributed by atoms with Gasteiger partial charge in [0.05, 0.1) is 7.11 Å². The van der Waals surface area contributed by atoms with Crippen LogP contribution >= 0.6 is 0 Å². The minimum atomic E-state index is 0. The lowest BCUT2D eigenvalue weighted by molar-refractivity contribution is 0.414. The molecule has 0 unspecified atom stereocenters. The quantitative estimate of drug-likeness (QED) is 0.912. The van der Waals surface area contributed by atoms with E-state index in [2.05, 4.69) is 15.3 Å². The lowest BCUT2D eigenvalue weighted by Crippen LogP contribution is -2.03. The fraction of sp³-hybridized carbons (Fsp3) is 0.333. The normalized spacial score (nSPS) is 9.26. The van der Waals surface area contributed by atoms with Crippen LogP contribution in [0.3, 0.4) is 0 Å². The molecule has 0 fully saturated rings. The highest BCUT2D eigenvalue weighted by Crippen LogP contribution is 2.13. The second-order valence-corrected chi connectivity index (χ2v) is 3.79. The van der Waals surface area contributed by atoms with Gasteiger partial charge < -0.3 is 10.1 Å². The molecule has 2 rings (SSSR count). The number of rotatable bonds is 4. The highest BCUT2D eigenvalue weighted by atomic mass is 16.5. The maximum atomic E-state index is 5.16. The molecule has 0 aliphatic rings.